The average molecular weight is 481 g/mol. The molecule has 178 valence electrons. The van der Waals surface area contributed by atoms with Crippen molar-refractivity contribution in [1.82, 2.24) is 19.6 Å². The Morgan fingerprint density at radius 1 is 1.06 bits per heavy atom. The maximum absolute atomic E-state index is 12.8. The molecular formula is C23H18F3N7O2. The van der Waals surface area contributed by atoms with Gasteiger partial charge in [-0.2, -0.15) is 18.3 Å². The molecule has 1 aromatic carbocycles. The first-order chi connectivity index (χ1) is 16.7. The lowest BCUT2D eigenvalue weighted by molar-refractivity contribution is -0.137. The van der Waals surface area contributed by atoms with Crippen molar-refractivity contribution in [2.24, 2.45) is 5.73 Å². The van der Waals surface area contributed by atoms with Gasteiger partial charge in [-0.05, 0) is 42.7 Å². The van der Waals surface area contributed by atoms with Gasteiger partial charge in [-0.25, -0.2) is 19.3 Å². The van der Waals surface area contributed by atoms with E-state index in [1.165, 1.54) is 0 Å². The van der Waals surface area contributed by atoms with Crippen LogP contribution in [0.2, 0.25) is 0 Å². The fraction of sp³-hybridized carbons (Fsp3) is 0.174. The van der Waals surface area contributed by atoms with E-state index in [-0.39, 0.29) is 11.4 Å². The smallest absolute Gasteiger partial charge is 0.366 e. The third-order valence-corrected chi connectivity index (χ3v) is 5.52. The van der Waals surface area contributed by atoms with Gasteiger partial charge < -0.3 is 11.1 Å². The number of carbonyl (C=O) groups is 2. The molecule has 5 rings (SSSR count). The summed E-state index contributed by atoms with van der Waals surface area (Å²) in [5.41, 5.74) is 7.13. The number of amides is 3. The molecule has 35 heavy (non-hydrogen) atoms. The van der Waals surface area contributed by atoms with E-state index in [1.807, 2.05) is 0 Å². The molecule has 0 radical (unpaired) electrons. The van der Waals surface area contributed by atoms with E-state index in [9.17, 15) is 22.8 Å². The first kappa shape index (κ1) is 22.3. The largest absolute Gasteiger partial charge is 0.416 e. The van der Waals surface area contributed by atoms with Crippen LogP contribution < -0.4 is 16.4 Å². The second-order valence-electron chi connectivity index (χ2n) is 8.09. The molecule has 3 aromatic heterocycles. The summed E-state index contributed by atoms with van der Waals surface area (Å²) in [5.74, 6) is 0.195. The molecule has 9 nitrogen and oxygen atoms in total. The number of halogens is 3. The van der Waals surface area contributed by atoms with Gasteiger partial charge in [-0.1, -0.05) is 12.1 Å². The Kier molecular flexibility index (Phi) is 5.35. The van der Waals surface area contributed by atoms with Crippen LogP contribution in [-0.2, 0) is 6.18 Å². The highest BCUT2D eigenvalue weighted by Gasteiger charge is 2.31. The number of alkyl halides is 3. The molecule has 4 N–H and O–H groups in total. The monoisotopic (exact) mass is 481 g/mol. The summed E-state index contributed by atoms with van der Waals surface area (Å²) in [5, 5.41) is 9.30. The van der Waals surface area contributed by atoms with E-state index in [1.54, 1.807) is 41.2 Å². The molecule has 1 aliphatic carbocycles. The molecule has 0 atom stereocenters. The van der Waals surface area contributed by atoms with Gasteiger partial charge in [0, 0.05) is 29.6 Å². The minimum absolute atomic E-state index is 0.245. The van der Waals surface area contributed by atoms with Crippen molar-refractivity contribution in [3.8, 4) is 11.1 Å². The number of pyridine rings is 1. The van der Waals surface area contributed by atoms with Crippen molar-refractivity contribution >= 4 is 29.0 Å². The van der Waals surface area contributed by atoms with Crippen LogP contribution in [0, 0.1) is 0 Å². The van der Waals surface area contributed by atoms with Crippen molar-refractivity contribution in [2.75, 3.05) is 10.6 Å². The molecule has 3 heterocycles. The fourth-order valence-electron chi connectivity index (χ4n) is 3.67. The lowest BCUT2D eigenvalue weighted by atomic mass is 10.0. The highest BCUT2D eigenvalue weighted by molar-refractivity contribution is 6.05. The number of primary amides is 1. The number of rotatable bonds is 5. The Morgan fingerprint density at radius 2 is 1.80 bits per heavy atom. The minimum atomic E-state index is -4.55. The predicted octanol–water partition coefficient (Wildman–Crippen LogP) is 4.43. The van der Waals surface area contributed by atoms with E-state index in [4.69, 9.17) is 5.73 Å². The van der Waals surface area contributed by atoms with Crippen LogP contribution in [0.4, 0.5) is 29.5 Å². The van der Waals surface area contributed by atoms with Gasteiger partial charge in [0.1, 0.15) is 5.82 Å². The molecule has 0 bridgehead atoms. The topological polar surface area (TPSA) is 127 Å². The second kappa shape index (κ2) is 8.38. The third kappa shape index (κ3) is 4.63. The number of carbonyl (C=O) groups excluding carboxylic acids is 2. The van der Waals surface area contributed by atoms with Crippen molar-refractivity contribution in [3.05, 3.63) is 71.9 Å². The zero-order valence-corrected chi connectivity index (χ0v) is 18.0. The van der Waals surface area contributed by atoms with E-state index in [0.29, 0.717) is 28.2 Å². The molecule has 0 unspecified atom stereocenters. The molecular weight excluding hydrogens is 463 g/mol. The van der Waals surface area contributed by atoms with Crippen LogP contribution in [0.25, 0.3) is 16.6 Å². The zero-order valence-electron chi connectivity index (χ0n) is 18.0. The van der Waals surface area contributed by atoms with Crippen LogP contribution in [-0.4, -0.2) is 31.5 Å². The summed E-state index contributed by atoms with van der Waals surface area (Å²) >= 11 is 0. The summed E-state index contributed by atoms with van der Waals surface area (Å²) < 4.78 is 40.1. The highest BCUT2D eigenvalue weighted by Crippen LogP contribution is 2.38. The first-order valence-corrected chi connectivity index (χ1v) is 10.6. The number of nitrogens with two attached hydrogens (primary N) is 1. The molecule has 0 saturated heterocycles. The van der Waals surface area contributed by atoms with Crippen molar-refractivity contribution < 1.29 is 22.8 Å². The van der Waals surface area contributed by atoms with E-state index >= 15 is 0 Å². The summed E-state index contributed by atoms with van der Waals surface area (Å²) in [4.78, 5) is 32.5. The summed E-state index contributed by atoms with van der Waals surface area (Å²) in [7, 11) is 0. The number of benzene rings is 1. The second-order valence-corrected chi connectivity index (χ2v) is 8.09. The van der Waals surface area contributed by atoms with Gasteiger partial charge >= 0.3 is 12.2 Å². The molecule has 3 amide bonds. The molecule has 12 heteroatoms. The van der Waals surface area contributed by atoms with Gasteiger partial charge in [0.15, 0.2) is 5.82 Å². The lowest BCUT2D eigenvalue weighted by Crippen LogP contribution is -2.20. The van der Waals surface area contributed by atoms with Gasteiger partial charge in [0.25, 0.3) is 5.91 Å². The summed E-state index contributed by atoms with van der Waals surface area (Å²) in [6, 6.07) is 7.31. The maximum Gasteiger partial charge on any atom is 0.416 e. The zero-order chi connectivity index (χ0) is 24.7. The normalized spacial score (nSPS) is 13.6. The Labute approximate surface area is 196 Å². The molecule has 1 saturated carbocycles. The number of nitrogens with one attached hydrogen (secondary N) is 2. The van der Waals surface area contributed by atoms with Crippen LogP contribution in [0.1, 0.15) is 40.5 Å². The first-order valence-electron chi connectivity index (χ1n) is 10.6. The van der Waals surface area contributed by atoms with Crippen LogP contribution in [0.3, 0.4) is 0 Å². The third-order valence-electron chi connectivity index (χ3n) is 5.52. The number of nitrogens with zero attached hydrogens (tertiary/aromatic N) is 4. The molecule has 0 aliphatic heterocycles. The van der Waals surface area contributed by atoms with E-state index < -0.39 is 23.7 Å². The summed E-state index contributed by atoms with van der Waals surface area (Å²) in [6.07, 6.45) is 1.71. The standard InChI is InChI=1S/C23H18F3N7O2/c24-23(25,26)14-7-8-28-18(9-14)31-22(35)30-15-5-3-12(4-6-15)19-16(20(27)34)11-33-17(19)10-29-21(32-33)13-1-2-13/h3-11,13H,1-2H2,(H2,27,34)(H2,28,30,31,35). The Hall–Kier alpha value is -4.48. The van der Waals surface area contributed by atoms with Gasteiger partial charge in [-0.15, -0.1) is 0 Å². The Morgan fingerprint density at radius 3 is 2.46 bits per heavy atom. The average Bonchev–Trinajstić information content (AvgIpc) is 3.59. The minimum Gasteiger partial charge on any atom is -0.366 e. The number of hydrogen-bond acceptors (Lipinski definition) is 5. The van der Waals surface area contributed by atoms with Gasteiger partial charge in [-0.3, -0.25) is 10.1 Å². The number of hydrogen-bond donors (Lipinski definition) is 3. The fourth-order valence-corrected chi connectivity index (χ4v) is 3.67. The maximum atomic E-state index is 12.8. The summed E-state index contributed by atoms with van der Waals surface area (Å²) in [6.45, 7) is 0. The van der Waals surface area contributed by atoms with Crippen molar-refractivity contribution in [3.63, 3.8) is 0 Å². The number of urea groups is 1. The van der Waals surface area contributed by atoms with E-state index in [2.05, 4.69) is 25.7 Å². The van der Waals surface area contributed by atoms with Gasteiger partial charge in [0.2, 0.25) is 0 Å². The molecule has 1 aliphatic rings. The Balaban J connectivity index is 1.36. The number of anilines is 2. The van der Waals surface area contributed by atoms with Crippen molar-refractivity contribution in [2.45, 2.75) is 24.9 Å². The van der Waals surface area contributed by atoms with Gasteiger partial charge in [0.05, 0.1) is 22.8 Å². The highest BCUT2D eigenvalue weighted by atomic mass is 19.4. The molecule has 0 spiro atoms. The van der Waals surface area contributed by atoms with Crippen molar-refractivity contribution in [1.29, 1.82) is 0 Å². The van der Waals surface area contributed by atoms with Crippen LogP contribution in [0.15, 0.2) is 55.0 Å². The molecule has 4 aromatic rings. The van der Waals surface area contributed by atoms with E-state index in [0.717, 1.165) is 37.0 Å². The predicted molar refractivity (Wildman–Crippen MR) is 121 cm³/mol. The van der Waals surface area contributed by atoms with Crippen LogP contribution in [0.5, 0.6) is 0 Å². The Bertz CT molecular complexity index is 1440. The van der Waals surface area contributed by atoms with Crippen LogP contribution >= 0.6 is 0 Å². The number of aromatic nitrogens is 4. The quantitative estimate of drug-likeness (QED) is 0.389. The number of fused-ring (bicyclic) bond motifs is 1. The SMILES string of the molecule is NC(=O)c1cn2nc(C3CC3)ncc2c1-c1ccc(NC(=O)Nc2cc(C(F)(F)F)ccn2)cc1. The lowest BCUT2D eigenvalue weighted by Gasteiger charge is -2.10. The molecule has 1 fully saturated rings.